The van der Waals surface area contributed by atoms with Gasteiger partial charge >= 0.3 is 0 Å². The maximum absolute atomic E-state index is 12.4. The molecule has 1 aliphatic heterocycles. The van der Waals surface area contributed by atoms with Crippen molar-refractivity contribution in [1.29, 1.82) is 0 Å². The third kappa shape index (κ3) is 4.12. The maximum atomic E-state index is 12.4. The Hall–Kier alpha value is -1.94. The number of fused-ring (bicyclic) bond motifs is 1. The summed E-state index contributed by atoms with van der Waals surface area (Å²) < 4.78 is 6.02. The monoisotopic (exact) mass is 341 g/mol. The molecule has 0 spiro atoms. The summed E-state index contributed by atoms with van der Waals surface area (Å²) in [7, 11) is 0. The molecule has 3 nitrogen and oxygen atoms in total. The Kier molecular flexibility index (Phi) is 4.86. The smallest absolute Gasteiger partial charge is 0.230 e. The molecule has 2 aromatic rings. The first kappa shape index (κ1) is 16.9. The minimum absolute atomic E-state index is 0.00364. The van der Waals surface area contributed by atoms with Crippen LogP contribution in [0.15, 0.2) is 53.4 Å². The van der Waals surface area contributed by atoms with Crippen LogP contribution in [-0.4, -0.2) is 17.3 Å². The second-order valence-electron chi connectivity index (χ2n) is 6.83. The number of benzene rings is 2. The summed E-state index contributed by atoms with van der Waals surface area (Å²) in [6, 6.07) is 16.2. The van der Waals surface area contributed by atoms with Crippen LogP contribution in [0.1, 0.15) is 37.4 Å². The van der Waals surface area contributed by atoms with E-state index >= 15 is 0 Å². The van der Waals surface area contributed by atoms with Crippen LogP contribution in [0.3, 0.4) is 0 Å². The van der Waals surface area contributed by atoms with Crippen molar-refractivity contribution < 1.29 is 9.53 Å². The number of nitrogens with one attached hydrogen (secondary N) is 1. The van der Waals surface area contributed by atoms with Gasteiger partial charge in [-0.1, -0.05) is 35.9 Å². The fraction of sp³-hybridized carbons (Fsp3) is 0.350. The van der Waals surface area contributed by atoms with E-state index in [4.69, 9.17) is 4.74 Å². The lowest BCUT2D eigenvalue weighted by Gasteiger charge is -2.37. The summed E-state index contributed by atoms with van der Waals surface area (Å²) in [6.45, 7) is 6.18. The number of amides is 1. The zero-order valence-electron chi connectivity index (χ0n) is 14.3. The number of ether oxygens (including phenoxy) is 1. The molecule has 0 aliphatic carbocycles. The lowest BCUT2D eigenvalue weighted by atomic mass is 9.90. The van der Waals surface area contributed by atoms with Gasteiger partial charge in [0.1, 0.15) is 11.4 Å². The van der Waals surface area contributed by atoms with E-state index in [1.54, 1.807) is 11.8 Å². The van der Waals surface area contributed by atoms with Gasteiger partial charge < -0.3 is 10.1 Å². The van der Waals surface area contributed by atoms with Gasteiger partial charge in [-0.2, -0.15) is 0 Å². The van der Waals surface area contributed by atoms with Gasteiger partial charge in [-0.25, -0.2) is 0 Å². The van der Waals surface area contributed by atoms with Gasteiger partial charge in [-0.15, -0.1) is 11.8 Å². The van der Waals surface area contributed by atoms with E-state index in [0.717, 1.165) is 22.6 Å². The van der Waals surface area contributed by atoms with Crippen molar-refractivity contribution in [2.45, 2.75) is 43.7 Å². The number of hydrogen-bond donors (Lipinski definition) is 1. The molecule has 24 heavy (non-hydrogen) atoms. The number of carbonyl (C=O) groups excluding carboxylic acids is 1. The molecule has 0 saturated carbocycles. The van der Waals surface area contributed by atoms with Crippen molar-refractivity contribution in [3.63, 3.8) is 0 Å². The average molecular weight is 341 g/mol. The molecule has 3 rings (SSSR count). The Morgan fingerprint density at radius 3 is 2.67 bits per heavy atom. The maximum Gasteiger partial charge on any atom is 0.230 e. The van der Waals surface area contributed by atoms with Crippen molar-refractivity contribution in [3.05, 3.63) is 59.7 Å². The molecule has 1 atom stereocenters. The predicted molar refractivity (Wildman–Crippen MR) is 98.6 cm³/mol. The quantitative estimate of drug-likeness (QED) is 0.832. The third-order valence-electron chi connectivity index (χ3n) is 4.10. The summed E-state index contributed by atoms with van der Waals surface area (Å²) in [5.74, 6) is 1.34. The lowest BCUT2D eigenvalue weighted by Crippen LogP contribution is -2.41. The van der Waals surface area contributed by atoms with E-state index in [9.17, 15) is 4.79 Å². The highest BCUT2D eigenvalue weighted by molar-refractivity contribution is 8.00. The average Bonchev–Trinajstić information content (AvgIpc) is 2.53. The van der Waals surface area contributed by atoms with Gasteiger partial charge in [-0.3, -0.25) is 4.79 Å². The molecule has 1 amide bonds. The minimum Gasteiger partial charge on any atom is -0.487 e. The van der Waals surface area contributed by atoms with Crippen molar-refractivity contribution in [3.8, 4) is 5.75 Å². The van der Waals surface area contributed by atoms with Gasteiger partial charge in [0.05, 0.1) is 11.8 Å². The molecule has 2 aromatic carbocycles. The molecule has 0 aromatic heterocycles. The minimum atomic E-state index is -0.281. The summed E-state index contributed by atoms with van der Waals surface area (Å²) in [5, 5.41) is 3.17. The molecular formula is C20H23NO2S. The van der Waals surface area contributed by atoms with E-state index in [1.807, 2.05) is 24.3 Å². The standard InChI is InChI=1S/C20H23NO2S/c1-14-8-10-15(11-9-14)24-13-19(22)21-17-12-20(2,3)23-18-7-5-4-6-16(17)18/h4-11,17H,12-13H2,1-3H3,(H,21,22). The molecule has 0 saturated heterocycles. The highest BCUT2D eigenvalue weighted by atomic mass is 32.2. The number of carbonyl (C=O) groups is 1. The number of para-hydroxylation sites is 1. The Bertz CT molecular complexity index is 725. The second-order valence-corrected chi connectivity index (χ2v) is 7.87. The van der Waals surface area contributed by atoms with Gasteiger partial charge in [0.2, 0.25) is 5.91 Å². The molecule has 0 fully saturated rings. The van der Waals surface area contributed by atoms with Crippen LogP contribution in [-0.2, 0) is 4.79 Å². The van der Waals surface area contributed by atoms with Crippen LogP contribution in [0.5, 0.6) is 5.75 Å². The van der Waals surface area contributed by atoms with Gasteiger partial charge in [0, 0.05) is 16.9 Å². The summed E-state index contributed by atoms with van der Waals surface area (Å²) in [5.41, 5.74) is 2.01. The lowest BCUT2D eigenvalue weighted by molar-refractivity contribution is -0.119. The number of thioether (sulfide) groups is 1. The normalized spacial score (nSPS) is 18.4. The Labute approximate surface area is 147 Å². The van der Waals surface area contributed by atoms with E-state index in [1.165, 1.54) is 5.56 Å². The van der Waals surface area contributed by atoms with E-state index in [-0.39, 0.29) is 17.6 Å². The highest BCUT2D eigenvalue weighted by Gasteiger charge is 2.34. The van der Waals surface area contributed by atoms with Crippen LogP contribution in [0.2, 0.25) is 0 Å². The molecule has 0 bridgehead atoms. The second kappa shape index (κ2) is 6.89. The van der Waals surface area contributed by atoms with Crippen LogP contribution in [0, 0.1) is 6.92 Å². The number of hydrogen-bond acceptors (Lipinski definition) is 3. The zero-order chi connectivity index (χ0) is 17.2. The molecule has 1 aliphatic rings. The predicted octanol–water partition coefficient (Wildman–Crippen LogP) is 4.51. The first-order chi connectivity index (χ1) is 11.4. The van der Waals surface area contributed by atoms with Gasteiger partial charge in [0.25, 0.3) is 0 Å². The topological polar surface area (TPSA) is 38.3 Å². The van der Waals surface area contributed by atoms with Crippen molar-refractivity contribution in [1.82, 2.24) is 5.32 Å². The molecule has 4 heteroatoms. The first-order valence-electron chi connectivity index (χ1n) is 8.20. The highest BCUT2D eigenvalue weighted by Crippen LogP contribution is 2.39. The Morgan fingerprint density at radius 2 is 1.92 bits per heavy atom. The molecule has 1 heterocycles. The van der Waals surface area contributed by atoms with E-state index in [2.05, 4.69) is 50.4 Å². The first-order valence-corrected chi connectivity index (χ1v) is 9.18. The fourth-order valence-corrected chi connectivity index (χ4v) is 3.66. The largest absolute Gasteiger partial charge is 0.487 e. The molecule has 1 unspecified atom stereocenters. The number of aryl methyl sites for hydroxylation is 1. The number of rotatable bonds is 4. The van der Waals surface area contributed by atoms with Crippen LogP contribution in [0.4, 0.5) is 0 Å². The van der Waals surface area contributed by atoms with Crippen LogP contribution < -0.4 is 10.1 Å². The Balaban J connectivity index is 1.64. The van der Waals surface area contributed by atoms with Gasteiger partial charge in [0.15, 0.2) is 0 Å². The molecule has 1 N–H and O–H groups in total. The Morgan fingerprint density at radius 1 is 1.21 bits per heavy atom. The van der Waals surface area contributed by atoms with E-state index < -0.39 is 0 Å². The summed E-state index contributed by atoms with van der Waals surface area (Å²) in [4.78, 5) is 13.5. The van der Waals surface area contributed by atoms with Crippen molar-refractivity contribution in [2.75, 3.05) is 5.75 Å². The van der Waals surface area contributed by atoms with Crippen molar-refractivity contribution in [2.24, 2.45) is 0 Å². The van der Waals surface area contributed by atoms with E-state index in [0.29, 0.717) is 5.75 Å². The van der Waals surface area contributed by atoms with Crippen molar-refractivity contribution >= 4 is 17.7 Å². The summed E-state index contributed by atoms with van der Waals surface area (Å²) >= 11 is 1.56. The fourth-order valence-electron chi connectivity index (χ4n) is 2.95. The third-order valence-corrected chi connectivity index (χ3v) is 5.11. The molecule has 126 valence electrons. The SMILES string of the molecule is Cc1ccc(SCC(=O)NC2CC(C)(C)Oc3ccccc32)cc1. The van der Waals surface area contributed by atoms with Crippen LogP contribution in [0.25, 0.3) is 0 Å². The molecule has 0 radical (unpaired) electrons. The van der Waals surface area contributed by atoms with Crippen LogP contribution >= 0.6 is 11.8 Å². The van der Waals surface area contributed by atoms with Gasteiger partial charge in [-0.05, 0) is 39.0 Å². The summed E-state index contributed by atoms with van der Waals surface area (Å²) in [6.07, 6.45) is 0.769. The zero-order valence-corrected chi connectivity index (χ0v) is 15.2. The molecular weight excluding hydrogens is 318 g/mol.